The summed E-state index contributed by atoms with van der Waals surface area (Å²) in [6, 6.07) is 4.14. The van der Waals surface area contributed by atoms with E-state index in [-0.39, 0.29) is 18.3 Å². The third-order valence-electron chi connectivity index (χ3n) is 3.47. The fraction of sp³-hybridized carbons (Fsp3) is 0.533. The van der Waals surface area contributed by atoms with E-state index < -0.39 is 0 Å². The molecule has 0 bridgehead atoms. The molecule has 19 heavy (non-hydrogen) atoms. The Morgan fingerprint density at radius 1 is 1.11 bits per heavy atom. The number of aryl methyl sites for hydroxylation is 2. The number of hydrogen-bond acceptors (Lipinski definition) is 2. The highest BCUT2D eigenvalue weighted by molar-refractivity contribution is 5.94. The van der Waals surface area contributed by atoms with E-state index in [0.717, 1.165) is 29.9 Å². The minimum atomic E-state index is 0. The number of nitrogens with one attached hydrogen (secondary N) is 1. The van der Waals surface area contributed by atoms with Crippen LogP contribution in [-0.4, -0.2) is 30.4 Å². The summed E-state index contributed by atoms with van der Waals surface area (Å²) in [5, 5.41) is 3.04. The monoisotopic (exact) mass is 284 g/mol. The molecule has 1 rings (SSSR count). The first-order valence-corrected chi connectivity index (χ1v) is 6.58. The maximum Gasteiger partial charge on any atom is 0.238 e. The number of amides is 1. The molecule has 0 saturated heterocycles. The Balaban J connectivity index is 0.00000324. The smallest absolute Gasteiger partial charge is 0.238 e. The Hall–Kier alpha value is -1.06. The summed E-state index contributed by atoms with van der Waals surface area (Å²) >= 11 is 0. The standard InChI is InChI=1S/C15H24N2O.ClH/c1-6-17(7-2)10-14(18)16-15-12(4)9-8-11(3)13(15)5;/h8-9H,6-7,10H2,1-5H3,(H,16,18);1H. The number of rotatable bonds is 5. The van der Waals surface area contributed by atoms with Gasteiger partial charge in [0.1, 0.15) is 0 Å². The Labute approximate surface area is 122 Å². The van der Waals surface area contributed by atoms with Gasteiger partial charge >= 0.3 is 0 Å². The largest absolute Gasteiger partial charge is 0.324 e. The van der Waals surface area contributed by atoms with Gasteiger partial charge in [-0.3, -0.25) is 9.69 Å². The average molecular weight is 285 g/mol. The first-order valence-electron chi connectivity index (χ1n) is 6.58. The summed E-state index contributed by atoms with van der Waals surface area (Å²) in [7, 11) is 0. The van der Waals surface area contributed by atoms with Crippen molar-refractivity contribution >= 4 is 24.0 Å². The van der Waals surface area contributed by atoms with Crippen molar-refractivity contribution in [1.82, 2.24) is 4.90 Å². The van der Waals surface area contributed by atoms with E-state index in [1.165, 1.54) is 5.56 Å². The molecular formula is C15H25ClN2O. The molecule has 0 radical (unpaired) electrons. The molecule has 0 fully saturated rings. The van der Waals surface area contributed by atoms with Gasteiger partial charge in [0.25, 0.3) is 0 Å². The number of carbonyl (C=O) groups is 1. The van der Waals surface area contributed by atoms with Crippen LogP contribution in [0.15, 0.2) is 12.1 Å². The fourth-order valence-corrected chi connectivity index (χ4v) is 1.97. The van der Waals surface area contributed by atoms with E-state index in [2.05, 4.69) is 50.0 Å². The van der Waals surface area contributed by atoms with E-state index in [1.54, 1.807) is 0 Å². The number of likely N-dealkylation sites (N-methyl/N-ethyl adjacent to an activating group) is 1. The molecule has 0 aliphatic rings. The van der Waals surface area contributed by atoms with Crippen molar-refractivity contribution < 1.29 is 4.79 Å². The van der Waals surface area contributed by atoms with E-state index >= 15 is 0 Å². The van der Waals surface area contributed by atoms with Crippen LogP contribution >= 0.6 is 12.4 Å². The van der Waals surface area contributed by atoms with E-state index in [0.29, 0.717) is 6.54 Å². The molecule has 1 aromatic carbocycles. The lowest BCUT2D eigenvalue weighted by molar-refractivity contribution is -0.117. The van der Waals surface area contributed by atoms with Gasteiger partial charge in [0.15, 0.2) is 0 Å². The zero-order chi connectivity index (χ0) is 13.7. The molecule has 0 aromatic heterocycles. The predicted molar refractivity (Wildman–Crippen MR) is 84.3 cm³/mol. The number of nitrogens with zero attached hydrogens (tertiary/aromatic N) is 1. The molecular weight excluding hydrogens is 260 g/mol. The van der Waals surface area contributed by atoms with Crippen molar-refractivity contribution in [2.45, 2.75) is 34.6 Å². The molecule has 0 unspecified atom stereocenters. The fourth-order valence-electron chi connectivity index (χ4n) is 1.97. The Morgan fingerprint density at radius 3 is 2.16 bits per heavy atom. The van der Waals surface area contributed by atoms with Crippen LogP contribution in [0.1, 0.15) is 30.5 Å². The van der Waals surface area contributed by atoms with Crippen LogP contribution in [0.5, 0.6) is 0 Å². The quantitative estimate of drug-likeness (QED) is 0.900. The van der Waals surface area contributed by atoms with E-state index in [1.807, 2.05) is 6.92 Å². The minimum absolute atomic E-state index is 0. The lowest BCUT2D eigenvalue weighted by Crippen LogP contribution is -2.33. The third-order valence-corrected chi connectivity index (χ3v) is 3.47. The Kier molecular flexibility index (Phi) is 7.72. The van der Waals surface area contributed by atoms with Gasteiger partial charge in [-0.15, -0.1) is 12.4 Å². The number of hydrogen-bond donors (Lipinski definition) is 1. The molecule has 1 amide bonds. The summed E-state index contributed by atoms with van der Waals surface area (Å²) in [6.07, 6.45) is 0. The average Bonchev–Trinajstić information content (AvgIpc) is 2.36. The predicted octanol–water partition coefficient (Wildman–Crippen LogP) is 3.31. The lowest BCUT2D eigenvalue weighted by atomic mass is 10.0. The second-order valence-electron chi connectivity index (χ2n) is 4.71. The van der Waals surface area contributed by atoms with Gasteiger partial charge in [0, 0.05) is 5.69 Å². The number of halogens is 1. The first kappa shape index (κ1) is 17.9. The molecule has 0 aliphatic heterocycles. The van der Waals surface area contributed by atoms with E-state index in [9.17, 15) is 4.79 Å². The van der Waals surface area contributed by atoms with Crippen molar-refractivity contribution in [3.8, 4) is 0 Å². The second kappa shape index (κ2) is 8.18. The van der Waals surface area contributed by atoms with Gasteiger partial charge in [-0.1, -0.05) is 26.0 Å². The van der Waals surface area contributed by atoms with Gasteiger partial charge in [0.2, 0.25) is 5.91 Å². The number of benzene rings is 1. The third kappa shape index (κ3) is 4.84. The zero-order valence-corrected chi connectivity index (χ0v) is 13.4. The van der Waals surface area contributed by atoms with Gasteiger partial charge in [-0.2, -0.15) is 0 Å². The van der Waals surface area contributed by atoms with Crippen LogP contribution in [0.4, 0.5) is 5.69 Å². The molecule has 0 heterocycles. The zero-order valence-electron chi connectivity index (χ0n) is 12.5. The van der Waals surface area contributed by atoms with Crippen LogP contribution in [0.3, 0.4) is 0 Å². The van der Waals surface area contributed by atoms with Crippen LogP contribution in [0, 0.1) is 20.8 Å². The SMILES string of the molecule is CCN(CC)CC(=O)Nc1c(C)ccc(C)c1C.Cl. The molecule has 1 N–H and O–H groups in total. The summed E-state index contributed by atoms with van der Waals surface area (Å²) in [4.78, 5) is 14.1. The Bertz CT molecular complexity index is 428. The van der Waals surface area contributed by atoms with Crippen molar-refractivity contribution in [3.63, 3.8) is 0 Å². The van der Waals surface area contributed by atoms with Gasteiger partial charge in [-0.25, -0.2) is 0 Å². The number of carbonyl (C=O) groups excluding carboxylic acids is 1. The van der Waals surface area contributed by atoms with E-state index in [4.69, 9.17) is 0 Å². The minimum Gasteiger partial charge on any atom is -0.324 e. The van der Waals surface area contributed by atoms with Crippen molar-refractivity contribution in [2.24, 2.45) is 0 Å². The normalized spacial score (nSPS) is 10.2. The highest BCUT2D eigenvalue weighted by Gasteiger charge is 2.11. The molecule has 3 nitrogen and oxygen atoms in total. The lowest BCUT2D eigenvalue weighted by Gasteiger charge is -2.19. The molecule has 0 saturated carbocycles. The molecule has 0 atom stereocenters. The highest BCUT2D eigenvalue weighted by atomic mass is 35.5. The molecule has 1 aromatic rings. The van der Waals surface area contributed by atoms with Crippen LogP contribution < -0.4 is 5.32 Å². The van der Waals surface area contributed by atoms with Crippen molar-refractivity contribution in [1.29, 1.82) is 0 Å². The molecule has 108 valence electrons. The topological polar surface area (TPSA) is 32.3 Å². The number of anilines is 1. The van der Waals surface area contributed by atoms with Gasteiger partial charge in [0.05, 0.1) is 6.54 Å². The van der Waals surface area contributed by atoms with Crippen LogP contribution in [-0.2, 0) is 4.79 Å². The second-order valence-corrected chi connectivity index (χ2v) is 4.71. The first-order chi connectivity index (χ1) is 8.49. The Morgan fingerprint density at radius 2 is 1.63 bits per heavy atom. The van der Waals surface area contributed by atoms with Gasteiger partial charge < -0.3 is 5.32 Å². The molecule has 4 heteroatoms. The highest BCUT2D eigenvalue weighted by Crippen LogP contribution is 2.22. The van der Waals surface area contributed by atoms with Crippen LogP contribution in [0.25, 0.3) is 0 Å². The summed E-state index contributed by atoms with van der Waals surface area (Å²) in [5.41, 5.74) is 4.44. The van der Waals surface area contributed by atoms with Gasteiger partial charge in [-0.05, 0) is 50.6 Å². The summed E-state index contributed by atoms with van der Waals surface area (Å²) in [5.74, 6) is 0.0653. The summed E-state index contributed by atoms with van der Waals surface area (Å²) in [6.45, 7) is 12.5. The maximum atomic E-state index is 12.0. The maximum absolute atomic E-state index is 12.0. The van der Waals surface area contributed by atoms with Crippen molar-refractivity contribution in [3.05, 3.63) is 28.8 Å². The van der Waals surface area contributed by atoms with Crippen LogP contribution in [0.2, 0.25) is 0 Å². The molecule has 0 spiro atoms. The summed E-state index contributed by atoms with van der Waals surface area (Å²) < 4.78 is 0. The van der Waals surface area contributed by atoms with Crippen molar-refractivity contribution in [2.75, 3.05) is 25.0 Å². The molecule has 0 aliphatic carbocycles.